The van der Waals surface area contributed by atoms with Gasteiger partial charge in [0.1, 0.15) is 5.75 Å². The number of benzene rings is 1. The van der Waals surface area contributed by atoms with Crippen molar-refractivity contribution < 1.29 is 9.53 Å². The quantitative estimate of drug-likeness (QED) is 0.189. The van der Waals surface area contributed by atoms with Crippen LogP contribution in [0.25, 0.3) is 0 Å². The Morgan fingerprint density at radius 3 is 2.03 bits per heavy atom. The van der Waals surface area contributed by atoms with Crippen molar-refractivity contribution in [1.82, 2.24) is 0 Å². The topological polar surface area (TPSA) is 26.3 Å². The molecular weight excluding hydrogens is 428 g/mol. The molecule has 3 saturated carbocycles. The van der Waals surface area contributed by atoms with Gasteiger partial charge in [0.05, 0.1) is 5.41 Å². The Labute approximate surface area is 216 Å². The Kier molecular flexibility index (Phi) is 10.2. The van der Waals surface area contributed by atoms with E-state index < -0.39 is 0 Å². The van der Waals surface area contributed by atoms with Crippen molar-refractivity contribution >= 4 is 5.97 Å². The molecule has 0 unspecified atom stereocenters. The molecule has 0 N–H and O–H groups in total. The summed E-state index contributed by atoms with van der Waals surface area (Å²) < 4.78 is 6.16. The molecule has 0 atom stereocenters. The van der Waals surface area contributed by atoms with Gasteiger partial charge in [-0.2, -0.15) is 0 Å². The molecule has 2 heteroatoms. The average Bonchev–Trinajstić information content (AvgIpc) is 2.91. The zero-order valence-electron chi connectivity index (χ0n) is 22.9. The van der Waals surface area contributed by atoms with E-state index in [1.54, 1.807) is 0 Å². The molecule has 196 valence electrons. The standard InChI is InChI=1S/C33H52O2/c1-3-5-7-11-27-12-16-28(17-13-27)29-18-22-31(23-19-29)35-32(34)33(24-8-6-9-25-33)30-20-14-26(10-4-2)15-21-30/h18-19,22-23,26-28,30H,3-17,20-21,24-25H2,1-2H3. The maximum atomic E-state index is 13.7. The van der Waals surface area contributed by atoms with Crippen LogP contribution in [0.2, 0.25) is 0 Å². The van der Waals surface area contributed by atoms with E-state index in [0.717, 1.165) is 30.4 Å². The van der Waals surface area contributed by atoms with Crippen molar-refractivity contribution in [2.75, 3.05) is 0 Å². The molecular formula is C33H52O2. The van der Waals surface area contributed by atoms with Crippen LogP contribution in [0.15, 0.2) is 24.3 Å². The van der Waals surface area contributed by atoms with Crippen LogP contribution in [0.1, 0.15) is 147 Å². The predicted octanol–water partition coefficient (Wildman–Crippen LogP) is 10.0. The van der Waals surface area contributed by atoms with E-state index in [4.69, 9.17) is 4.74 Å². The summed E-state index contributed by atoms with van der Waals surface area (Å²) in [5.41, 5.74) is 1.21. The highest BCUT2D eigenvalue weighted by atomic mass is 16.5. The molecule has 0 bridgehead atoms. The number of rotatable bonds is 10. The van der Waals surface area contributed by atoms with Gasteiger partial charge in [0.2, 0.25) is 0 Å². The largest absolute Gasteiger partial charge is 0.426 e. The summed E-state index contributed by atoms with van der Waals surface area (Å²) in [6, 6.07) is 8.65. The summed E-state index contributed by atoms with van der Waals surface area (Å²) in [7, 11) is 0. The van der Waals surface area contributed by atoms with E-state index >= 15 is 0 Å². The first-order chi connectivity index (χ1) is 17.1. The lowest BCUT2D eigenvalue weighted by Gasteiger charge is -2.44. The zero-order valence-corrected chi connectivity index (χ0v) is 22.9. The maximum Gasteiger partial charge on any atom is 0.317 e. The molecule has 0 aliphatic heterocycles. The number of hydrogen-bond acceptors (Lipinski definition) is 2. The van der Waals surface area contributed by atoms with Crippen LogP contribution in [0.4, 0.5) is 0 Å². The summed E-state index contributed by atoms with van der Waals surface area (Å²) in [6.45, 7) is 4.60. The van der Waals surface area contributed by atoms with Gasteiger partial charge in [-0.15, -0.1) is 0 Å². The van der Waals surface area contributed by atoms with Crippen molar-refractivity contribution in [3.63, 3.8) is 0 Å². The van der Waals surface area contributed by atoms with Crippen LogP contribution in [-0.2, 0) is 4.79 Å². The molecule has 3 fully saturated rings. The van der Waals surface area contributed by atoms with Crippen molar-refractivity contribution in [3.05, 3.63) is 29.8 Å². The summed E-state index contributed by atoms with van der Waals surface area (Å²) in [5.74, 6) is 3.88. The fourth-order valence-electron chi connectivity index (χ4n) is 7.86. The summed E-state index contributed by atoms with van der Waals surface area (Å²) >= 11 is 0. The van der Waals surface area contributed by atoms with E-state index in [1.165, 1.54) is 115 Å². The molecule has 0 spiro atoms. The highest BCUT2D eigenvalue weighted by Gasteiger charge is 2.48. The Morgan fingerprint density at radius 2 is 1.40 bits per heavy atom. The molecule has 1 aromatic carbocycles. The lowest BCUT2D eigenvalue weighted by Crippen LogP contribution is -2.44. The van der Waals surface area contributed by atoms with Gasteiger partial charge in [-0.25, -0.2) is 0 Å². The summed E-state index contributed by atoms with van der Waals surface area (Å²) in [6.07, 6.45) is 24.4. The lowest BCUT2D eigenvalue weighted by atomic mass is 9.60. The summed E-state index contributed by atoms with van der Waals surface area (Å²) in [5, 5.41) is 0. The monoisotopic (exact) mass is 480 g/mol. The molecule has 0 radical (unpaired) electrons. The third kappa shape index (κ3) is 6.92. The van der Waals surface area contributed by atoms with Gasteiger partial charge in [-0.1, -0.05) is 96.6 Å². The third-order valence-corrected chi connectivity index (χ3v) is 10.1. The molecule has 1 aromatic rings. The van der Waals surface area contributed by atoms with Gasteiger partial charge in [0.15, 0.2) is 0 Å². The lowest BCUT2D eigenvalue weighted by molar-refractivity contribution is -0.153. The van der Waals surface area contributed by atoms with Crippen molar-refractivity contribution in [2.45, 2.75) is 142 Å². The van der Waals surface area contributed by atoms with Crippen LogP contribution in [-0.4, -0.2) is 5.97 Å². The smallest absolute Gasteiger partial charge is 0.317 e. The van der Waals surface area contributed by atoms with E-state index in [-0.39, 0.29) is 11.4 Å². The first-order valence-corrected chi connectivity index (χ1v) is 15.5. The fraction of sp³-hybridized carbons (Fsp3) is 0.788. The highest BCUT2D eigenvalue weighted by molar-refractivity contribution is 5.79. The minimum Gasteiger partial charge on any atom is -0.426 e. The number of hydrogen-bond donors (Lipinski definition) is 0. The molecule has 35 heavy (non-hydrogen) atoms. The first kappa shape index (κ1) is 26.7. The Hall–Kier alpha value is -1.31. The number of carbonyl (C=O) groups is 1. The molecule has 3 aliphatic rings. The zero-order chi connectivity index (χ0) is 24.5. The van der Waals surface area contributed by atoms with E-state index in [0.29, 0.717) is 11.8 Å². The first-order valence-electron chi connectivity index (χ1n) is 15.5. The Balaban J connectivity index is 1.33. The highest BCUT2D eigenvalue weighted by Crippen LogP contribution is 2.50. The van der Waals surface area contributed by atoms with Crippen molar-refractivity contribution in [2.24, 2.45) is 23.2 Å². The fourth-order valence-corrected chi connectivity index (χ4v) is 7.86. The van der Waals surface area contributed by atoms with E-state index in [1.807, 2.05) is 0 Å². The van der Waals surface area contributed by atoms with E-state index in [2.05, 4.69) is 38.1 Å². The molecule has 4 rings (SSSR count). The van der Waals surface area contributed by atoms with Gasteiger partial charge in [0.25, 0.3) is 0 Å². The van der Waals surface area contributed by atoms with Crippen LogP contribution in [0.5, 0.6) is 5.75 Å². The molecule has 0 heterocycles. The van der Waals surface area contributed by atoms with Crippen molar-refractivity contribution in [1.29, 1.82) is 0 Å². The normalized spacial score (nSPS) is 29.0. The Morgan fingerprint density at radius 1 is 0.771 bits per heavy atom. The minimum atomic E-state index is -0.232. The molecule has 0 amide bonds. The van der Waals surface area contributed by atoms with Crippen LogP contribution in [0, 0.1) is 23.2 Å². The minimum absolute atomic E-state index is 0.0801. The van der Waals surface area contributed by atoms with Crippen LogP contribution < -0.4 is 4.74 Å². The van der Waals surface area contributed by atoms with Gasteiger partial charge >= 0.3 is 5.97 Å². The number of unbranched alkanes of at least 4 members (excludes halogenated alkanes) is 2. The van der Waals surface area contributed by atoms with Gasteiger partial charge < -0.3 is 4.74 Å². The second-order valence-electron chi connectivity index (χ2n) is 12.4. The summed E-state index contributed by atoms with van der Waals surface area (Å²) in [4.78, 5) is 13.7. The third-order valence-electron chi connectivity index (χ3n) is 10.1. The molecule has 0 aromatic heterocycles. The number of esters is 1. The second kappa shape index (κ2) is 13.3. The second-order valence-corrected chi connectivity index (χ2v) is 12.4. The number of carbonyl (C=O) groups excluding carboxylic acids is 1. The predicted molar refractivity (Wildman–Crippen MR) is 147 cm³/mol. The van der Waals surface area contributed by atoms with Crippen LogP contribution >= 0.6 is 0 Å². The SMILES string of the molecule is CCCCCC1CCC(c2ccc(OC(=O)C3(C4CCC(CCC)CC4)CCCCC3)cc2)CC1. The van der Waals surface area contributed by atoms with Crippen LogP contribution in [0.3, 0.4) is 0 Å². The molecule has 0 saturated heterocycles. The number of ether oxygens (including phenoxy) is 1. The average molecular weight is 481 g/mol. The van der Waals surface area contributed by atoms with Gasteiger partial charge in [-0.05, 0) is 92.7 Å². The molecule has 3 aliphatic carbocycles. The van der Waals surface area contributed by atoms with E-state index in [9.17, 15) is 4.79 Å². The van der Waals surface area contributed by atoms with Crippen molar-refractivity contribution in [3.8, 4) is 5.75 Å². The van der Waals surface area contributed by atoms with Gasteiger partial charge in [0, 0.05) is 0 Å². The van der Waals surface area contributed by atoms with Gasteiger partial charge in [-0.3, -0.25) is 4.79 Å². The molecule has 2 nitrogen and oxygen atoms in total. The Bertz CT molecular complexity index is 744. The maximum absolute atomic E-state index is 13.7.